The van der Waals surface area contributed by atoms with E-state index in [1.807, 2.05) is 19.9 Å². The van der Waals surface area contributed by atoms with Gasteiger partial charge in [0.15, 0.2) is 0 Å². The van der Waals surface area contributed by atoms with Crippen molar-refractivity contribution in [2.75, 3.05) is 0 Å². The summed E-state index contributed by atoms with van der Waals surface area (Å²) in [7, 11) is 0. The van der Waals surface area contributed by atoms with Gasteiger partial charge in [-0.15, -0.1) is 0 Å². The molecule has 0 fully saturated rings. The molecule has 1 nitrogen and oxygen atoms in total. The van der Waals surface area contributed by atoms with E-state index in [2.05, 4.69) is 12.6 Å². The summed E-state index contributed by atoms with van der Waals surface area (Å²) in [5.74, 6) is 0.0711. The standard InChI is InChI=1S/C12H15FOS2/c1-8(2)11(14-12(15)16)7-9-4-3-5-10(13)6-9/h3-6,8,11H,7H2,1-2H3,(H,15,16). The van der Waals surface area contributed by atoms with Crippen molar-refractivity contribution >= 4 is 29.2 Å². The molecule has 0 aliphatic heterocycles. The summed E-state index contributed by atoms with van der Waals surface area (Å²) >= 11 is 8.75. The van der Waals surface area contributed by atoms with Crippen molar-refractivity contribution in [3.8, 4) is 0 Å². The van der Waals surface area contributed by atoms with Crippen molar-refractivity contribution in [2.45, 2.75) is 26.4 Å². The van der Waals surface area contributed by atoms with E-state index in [4.69, 9.17) is 17.0 Å². The van der Waals surface area contributed by atoms with Crippen LogP contribution in [0.3, 0.4) is 0 Å². The largest absolute Gasteiger partial charge is 0.475 e. The Morgan fingerprint density at radius 1 is 1.50 bits per heavy atom. The van der Waals surface area contributed by atoms with Crippen LogP contribution in [0.2, 0.25) is 0 Å². The Morgan fingerprint density at radius 3 is 2.69 bits per heavy atom. The molecule has 0 saturated carbocycles. The van der Waals surface area contributed by atoms with Crippen molar-refractivity contribution in [1.29, 1.82) is 0 Å². The van der Waals surface area contributed by atoms with Crippen LogP contribution in [0.15, 0.2) is 24.3 Å². The molecule has 0 N–H and O–H groups in total. The Kier molecular flexibility index (Phi) is 5.22. The Morgan fingerprint density at radius 2 is 2.19 bits per heavy atom. The minimum Gasteiger partial charge on any atom is -0.475 e. The first-order valence-corrected chi connectivity index (χ1v) is 5.98. The molecule has 0 heterocycles. The maximum absolute atomic E-state index is 13.0. The highest BCUT2D eigenvalue weighted by Gasteiger charge is 2.16. The van der Waals surface area contributed by atoms with E-state index in [9.17, 15) is 4.39 Å². The fraction of sp³-hybridized carbons (Fsp3) is 0.417. The number of ether oxygens (including phenoxy) is 1. The van der Waals surface area contributed by atoms with Crippen molar-refractivity contribution in [2.24, 2.45) is 5.92 Å². The molecule has 4 heteroatoms. The van der Waals surface area contributed by atoms with Gasteiger partial charge in [-0.3, -0.25) is 0 Å². The van der Waals surface area contributed by atoms with E-state index in [-0.39, 0.29) is 16.3 Å². The molecular formula is C12H15FOS2. The Balaban J connectivity index is 2.71. The molecule has 1 rings (SSSR count). The molecule has 16 heavy (non-hydrogen) atoms. The van der Waals surface area contributed by atoms with Gasteiger partial charge in [0.1, 0.15) is 11.9 Å². The molecule has 0 saturated heterocycles. The third kappa shape index (κ3) is 4.49. The number of thiocarbonyl (C=S) groups is 1. The fourth-order valence-electron chi connectivity index (χ4n) is 1.44. The highest BCUT2D eigenvalue weighted by atomic mass is 32.1. The smallest absolute Gasteiger partial charge is 0.217 e. The zero-order valence-electron chi connectivity index (χ0n) is 9.31. The molecule has 1 aromatic carbocycles. The Hall–Kier alpha value is -0.610. The van der Waals surface area contributed by atoms with Crippen LogP contribution in [0.5, 0.6) is 0 Å². The summed E-state index contributed by atoms with van der Waals surface area (Å²) in [6.07, 6.45) is 0.572. The molecule has 1 unspecified atom stereocenters. The lowest BCUT2D eigenvalue weighted by Gasteiger charge is -2.21. The number of hydrogen-bond acceptors (Lipinski definition) is 2. The predicted molar refractivity (Wildman–Crippen MR) is 71.4 cm³/mol. The van der Waals surface area contributed by atoms with Crippen molar-refractivity contribution in [3.05, 3.63) is 35.6 Å². The number of thiol groups is 1. The molecule has 0 radical (unpaired) electrons. The normalized spacial score (nSPS) is 12.6. The number of benzene rings is 1. The van der Waals surface area contributed by atoms with E-state index < -0.39 is 0 Å². The number of rotatable bonds is 4. The molecule has 1 atom stereocenters. The Bertz CT molecular complexity index is 366. The van der Waals surface area contributed by atoms with Gasteiger partial charge < -0.3 is 4.74 Å². The first-order valence-electron chi connectivity index (χ1n) is 5.13. The van der Waals surface area contributed by atoms with Gasteiger partial charge in [0.2, 0.25) is 4.38 Å². The first kappa shape index (κ1) is 13.5. The number of halogens is 1. The molecule has 0 aliphatic rings. The van der Waals surface area contributed by atoms with Crippen LogP contribution in [-0.4, -0.2) is 10.5 Å². The van der Waals surface area contributed by atoms with Crippen LogP contribution >= 0.6 is 24.8 Å². The molecule has 88 valence electrons. The third-order valence-corrected chi connectivity index (χ3v) is 2.52. The summed E-state index contributed by atoms with van der Waals surface area (Å²) < 4.78 is 18.7. The minimum absolute atomic E-state index is 0.0631. The fourth-order valence-corrected chi connectivity index (χ4v) is 1.70. The summed E-state index contributed by atoms with van der Waals surface area (Å²) in [4.78, 5) is 0. The molecule has 1 aromatic rings. The number of hydrogen-bond donors (Lipinski definition) is 1. The van der Waals surface area contributed by atoms with E-state index in [1.165, 1.54) is 12.1 Å². The average molecular weight is 258 g/mol. The highest BCUT2D eigenvalue weighted by Crippen LogP contribution is 2.15. The summed E-state index contributed by atoms with van der Waals surface area (Å²) in [6.45, 7) is 4.08. The second kappa shape index (κ2) is 6.21. The maximum Gasteiger partial charge on any atom is 0.217 e. The van der Waals surface area contributed by atoms with Gasteiger partial charge in [0, 0.05) is 6.42 Å². The average Bonchev–Trinajstić information content (AvgIpc) is 2.15. The van der Waals surface area contributed by atoms with Gasteiger partial charge in [-0.2, -0.15) is 0 Å². The first-order chi connectivity index (χ1) is 7.49. The van der Waals surface area contributed by atoms with Gasteiger partial charge in [-0.05, 0) is 35.8 Å². The zero-order valence-corrected chi connectivity index (χ0v) is 11.0. The topological polar surface area (TPSA) is 9.23 Å². The van der Waals surface area contributed by atoms with Gasteiger partial charge >= 0.3 is 0 Å². The lowest BCUT2D eigenvalue weighted by atomic mass is 9.99. The predicted octanol–water partition coefficient (Wildman–Crippen LogP) is 3.62. The molecule has 0 aliphatic carbocycles. The second-order valence-corrected chi connectivity index (χ2v) is 5.08. The van der Waals surface area contributed by atoms with Gasteiger partial charge in [0.25, 0.3) is 0 Å². The van der Waals surface area contributed by atoms with Crippen LogP contribution in [0.4, 0.5) is 4.39 Å². The van der Waals surface area contributed by atoms with E-state index in [1.54, 1.807) is 6.07 Å². The molecule has 0 amide bonds. The Labute approximate surface area is 106 Å². The molecule has 0 aromatic heterocycles. The molecular weight excluding hydrogens is 243 g/mol. The SMILES string of the molecule is CC(C)C(Cc1cccc(F)c1)OC(=S)S. The molecule has 0 spiro atoms. The quantitative estimate of drug-likeness (QED) is 0.652. The highest BCUT2D eigenvalue weighted by molar-refractivity contribution is 8.10. The summed E-state index contributed by atoms with van der Waals surface area (Å²) in [6, 6.07) is 6.52. The van der Waals surface area contributed by atoms with Crippen molar-refractivity contribution in [1.82, 2.24) is 0 Å². The van der Waals surface area contributed by atoms with Gasteiger partial charge in [-0.25, -0.2) is 4.39 Å². The van der Waals surface area contributed by atoms with Crippen LogP contribution in [0.1, 0.15) is 19.4 Å². The van der Waals surface area contributed by atoms with E-state index in [0.29, 0.717) is 12.3 Å². The van der Waals surface area contributed by atoms with Crippen molar-refractivity contribution < 1.29 is 9.13 Å². The lowest BCUT2D eigenvalue weighted by molar-refractivity contribution is 0.149. The molecule has 0 bridgehead atoms. The lowest BCUT2D eigenvalue weighted by Crippen LogP contribution is -2.23. The van der Waals surface area contributed by atoms with E-state index >= 15 is 0 Å². The second-order valence-electron chi connectivity index (χ2n) is 4.00. The van der Waals surface area contributed by atoms with Crippen LogP contribution in [0.25, 0.3) is 0 Å². The van der Waals surface area contributed by atoms with Gasteiger partial charge in [0.05, 0.1) is 0 Å². The monoisotopic (exact) mass is 258 g/mol. The summed E-state index contributed by atoms with van der Waals surface area (Å²) in [5, 5.41) is 0. The summed E-state index contributed by atoms with van der Waals surface area (Å²) in [5.41, 5.74) is 0.906. The maximum atomic E-state index is 13.0. The minimum atomic E-state index is -0.228. The van der Waals surface area contributed by atoms with Crippen LogP contribution < -0.4 is 0 Å². The van der Waals surface area contributed by atoms with Crippen molar-refractivity contribution in [3.63, 3.8) is 0 Å². The zero-order chi connectivity index (χ0) is 12.1. The van der Waals surface area contributed by atoms with Crippen LogP contribution in [0, 0.1) is 11.7 Å². The van der Waals surface area contributed by atoms with E-state index in [0.717, 1.165) is 5.56 Å². The third-order valence-electron chi connectivity index (χ3n) is 2.32. The van der Waals surface area contributed by atoms with Crippen LogP contribution in [-0.2, 0) is 11.2 Å². The van der Waals surface area contributed by atoms with Gasteiger partial charge in [-0.1, -0.05) is 38.6 Å².